The highest BCUT2D eigenvalue weighted by Crippen LogP contribution is 2.17. The molecule has 1 atom stereocenters. The topological polar surface area (TPSA) is 82.3 Å². The van der Waals surface area contributed by atoms with Crippen molar-refractivity contribution in [3.8, 4) is 0 Å². The molecule has 1 fully saturated rings. The van der Waals surface area contributed by atoms with Crippen LogP contribution in [0.5, 0.6) is 0 Å². The second-order valence-electron chi connectivity index (χ2n) is 4.33. The summed E-state index contributed by atoms with van der Waals surface area (Å²) in [5, 5.41) is 11.3. The number of carbonyl (C=O) groups excluding carboxylic acids is 2. The lowest BCUT2D eigenvalue weighted by molar-refractivity contribution is -0.117. The number of urea groups is 1. The molecule has 1 aromatic carbocycles. The Balaban J connectivity index is 1.95. The zero-order valence-corrected chi connectivity index (χ0v) is 12.0. The van der Waals surface area contributed by atoms with Gasteiger partial charge in [-0.25, -0.2) is 4.79 Å². The monoisotopic (exact) mass is 294 g/mol. The number of nitrogens with one attached hydrogen (secondary N) is 4. The van der Waals surface area contributed by atoms with Crippen molar-refractivity contribution in [1.29, 1.82) is 0 Å². The Kier molecular flexibility index (Phi) is 5.25. The van der Waals surface area contributed by atoms with E-state index in [1.807, 2.05) is 6.92 Å². The minimum Gasteiger partial charge on any atom is -0.338 e. The van der Waals surface area contributed by atoms with E-state index >= 15 is 0 Å². The molecule has 1 aliphatic heterocycles. The minimum absolute atomic E-state index is 0.0508. The summed E-state index contributed by atoms with van der Waals surface area (Å²) in [5.74, 6) is 1.53. The molecule has 1 aromatic rings. The summed E-state index contributed by atoms with van der Waals surface area (Å²) >= 11 is 1.70. The molecule has 1 aliphatic rings. The first-order valence-electron chi connectivity index (χ1n) is 6.46. The van der Waals surface area contributed by atoms with Gasteiger partial charge in [-0.2, -0.15) is 0 Å². The summed E-state index contributed by atoms with van der Waals surface area (Å²) < 4.78 is 0. The van der Waals surface area contributed by atoms with Crippen molar-refractivity contribution < 1.29 is 9.59 Å². The van der Waals surface area contributed by atoms with Crippen molar-refractivity contribution in [3.05, 3.63) is 24.3 Å². The van der Waals surface area contributed by atoms with Gasteiger partial charge < -0.3 is 16.0 Å². The maximum atomic E-state index is 12.0. The highest BCUT2D eigenvalue weighted by Gasteiger charge is 2.22. The number of carbonyl (C=O) groups is 2. The maximum Gasteiger partial charge on any atom is 0.319 e. The molecule has 0 spiro atoms. The zero-order valence-electron chi connectivity index (χ0n) is 11.2. The van der Waals surface area contributed by atoms with E-state index in [2.05, 4.69) is 21.3 Å². The molecule has 20 heavy (non-hydrogen) atoms. The Labute approximate surface area is 122 Å². The fraction of sp³-hybridized carbons (Fsp3) is 0.385. The lowest BCUT2D eigenvalue weighted by atomic mass is 10.2. The van der Waals surface area contributed by atoms with Gasteiger partial charge in [-0.15, -0.1) is 11.8 Å². The molecule has 0 aromatic heterocycles. The van der Waals surface area contributed by atoms with Crippen molar-refractivity contribution in [2.24, 2.45) is 0 Å². The summed E-state index contributed by atoms with van der Waals surface area (Å²) in [6, 6.07) is 6.67. The molecule has 0 bridgehead atoms. The first kappa shape index (κ1) is 14.7. The number of hydrogen-bond acceptors (Lipinski definition) is 4. The maximum absolute atomic E-state index is 12.0. The highest BCUT2D eigenvalue weighted by molar-refractivity contribution is 7.99. The van der Waals surface area contributed by atoms with Crippen LogP contribution in [0.3, 0.4) is 0 Å². The molecule has 0 radical (unpaired) electrons. The van der Waals surface area contributed by atoms with E-state index in [1.54, 1.807) is 36.0 Å². The lowest BCUT2D eigenvalue weighted by Gasteiger charge is -2.12. The Morgan fingerprint density at radius 3 is 2.75 bits per heavy atom. The van der Waals surface area contributed by atoms with Gasteiger partial charge in [0.2, 0.25) is 5.91 Å². The van der Waals surface area contributed by atoms with E-state index < -0.39 is 0 Å². The van der Waals surface area contributed by atoms with Gasteiger partial charge in [-0.3, -0.25) is 10.1 Å². The number of thioether (sulfide) groups is 1. The van der Waals surface area contributed by atoms with Gasteiger partial charge >= 0.3 is 6.03 Å². The first-order valence-corrected chi connectivity index (χ1v) is 7.61. The van der Waals surface area contributed by atoms with Crippen LogP contribution in [0.2, 0.25) is 0 Å². The molecule has 7 heteroatoms. The number of benzene rings is 1. The Morgan fingerprint density at radius 2 is 2.10 bits per heavy atom. The largest absolute Gasteiger partial charge is 0.338 e. The molecule has 1 heterocycles. The standard InChI is InChI=1S/C13H18N4O2S/c1-2-14-13(19)17-10-5-3-4-9(6-10)16-12(18)11-7-20-8-15-11/h3-6,11,15H,2,7-8H2,1H3,(H,16,18)(H2,14,17,19). The third-order valence-corrected chi connectivity index (χ3v) is 3.70. The quantitative estimate of drug-likeness (QED) is 0.677. The predicted octanol–water partition coefficient (Wildman–Crippen LogP) is 1.43. The smallest absolute Gasteiger partial charge is 0.319 e. The van der Waals surface area contributed by atoms with Crippen LogP contribution in [0.25, 0.3) is 0 Å². The van der Waals surface area contributed by atoms with Crippen LogP contribution < -0.4 is 21.3 Å². The van der Waals surface area contributed by atoms with Gasteiger partial charge in [0.1, 0.15) is 0 Å². The molecule has 108 valence electrons. The van der Waals surface area contributed by atoms with Crippen molar-refractivity contribution in [2.45, 2.75) is 13.0 Å². The molecule has 0 saturated carbocycles. The van der Waals surface area contributed by atoms with Crippen molar-refractivity contribution in [1.82, 2.24) is 10.6 Å². The van der Waals surface area contributed by atoms with Crippen LogP contribution in [0, 0.1) is 0 Å². The third kappa shape index (κ3) is 4.14. The minimum atomic E-state index is -0.259. The summed E-state index contributed by atoms with van der Waals surface area (Å²) in [4.78, 5) is 23.4. The van der Waals surface area contributed by atoms with Crippen molar-refractivity contribution in [3.63, 3.8) is 0 Å². The van der Waals surface area contributed by atoms with Crippen molar-refractivity contribution >= 4 is 35.1 Å². The molecule has 1 unspecified atom stereocenters. The third-order valence-electron chi connectivity index (χ3n) is 2.76. The van der Waals surface area contributed by atoms with E-state index in [1.165, 1.54) is 0 Å². The van der Waals surface area contributed by atoms with Gasteiger partial charge in [0.05, 0.1) is 6.04 Å². The second kappa shape index (κ2) is 7.16. The number of anilines is 2. The zero-order chi connectivity index (χ0) is 14.4. The summed E-state index contributed by atoms with van der Waals surface area (Å²) in [6.07, 6.45) is 0. The molecular formula is C13H18N4O2S. The fourth-order valence-electron chi connectivity index (χ4n) is 1.80. The Bertz CT molecular complexity index is 489. The van der Waals surface area contributed by atoms with E-state index in [4.69, 9.17) is 0 Å². The van der Waals surface area contributed by atoms with E-state index in [0.29, 0.717) is 17.9 Å². The SMILES string of the molecule is CCNC(=O)Nc1cccc(NC(=O)C2CSCN2)c1. The van der Waals surface area contributed by atoms with Crippen LogP contribution in [-0.2, 0) is 4.79 Å². The summed E-state index contributed by atoms with van der Waals surface area (Å²) in [6.45, 7) is 2.41. The van der Waals surface area contributed by atoms with Crippen LogP contribution in [0.4, 0.5) is 16.2 Å². The lowest BCUT2D eigenvalue weighted by Crippen LogP contribution is -2.37. The van der Waals surface area contributed by atoms with Gasteiger partial charge in [0.25, 0.3) is 0 Å². The van der Waals surface area contributed by atoms with Crippen molar-refractivity contribution in [2.75, 3.05) is 28.8 Å². The molecule has 4 N–H and O–H groups in total. The number of hydrogen-bond donors (Lipinski definition) is 4. The number of rotatable bonds is 4. The van der Waals surface area contributed by atoms with E-state index in [0.717, 1.165) is 11.6 Å². The molecule has 1 saturated heterocycles. The van der Waals surface area contributed by atoms with Gasteiger partial charge in [-0.1, -0.05) is 6.07 Å². The highest BCUT2D eigenvalue weighted by atomic mass is 32.2. The van der Waals surface area contributed by atoms with Gasteiger partial charge in [-0.05, 0) is 25.1 Å². The molecule has 3 amide bonds. The normalized spacial score (nSPS) is 17.6. The number of amides is 3. The Hall–Kier alpha value is -1.73. The van der Waals surface area contributed by atoms with Crippen LogP contribution >= 0.6 is 11.8 Å². The van der Waals surface area contributed by atoms with Gasteiger partial charge in [0, 0.05) is 29.5 Å². The summed E-state index contributed by atoms with van der Waals surface area (Å²) in [7, 11) is 0. The Morgan fingerprint density at radius 1 is 1.35 bits per heavy atom. The second-order valence-corrected chi connectivity index (χ2v) is 5.36. The van der Waals surface area contributed by atoms with Crippen LogP contribution in [-0.4, -0.2) is 36.2 Å². The van der Waals surface area contributed by atoms with E-state index in [9.17, 15) is 9.59 Å². The first-order chi connectivity index (χ1) is 9.69. The van der Waals surface area contributed by atoms with E-state index in [-0.39, 0.29) is 18.0 Å². The summed E-state index contributed by atoms with van der Waals surface area (Å²) in [5.41, 5.74) is 1.31. The van der Waals surface area contributed by atoms with Crippen LogP contribution in [0.1, 0.15) is 6.92 Å². The molecular weight excluding hydrogens is 276 g/mol. The van der Waals surface area contributed by atoms with Crippen LogP contribution in [0.15, 0.2) is 24.3 Å². The molecule has 6 nitrogen and oxygen atoms in total. The fourth-order valence-corrected chi connectivity index (χ4v) is 2.75. The molecule has 0 aliphatic carbocycles. The predicted molar refractivity (Wildman–Crippen MR) is 82.0 cm³/mol. The average Bonchev–Trinajstić information content (AvgIpc) is 2.93. The molecule has 2 rings (SSSR count). The average molecular weight is 294 g/mol. The van der Waals surface area contributed by atoms with Gasteiger partial charge in [0.15, 0.2) is 0 Å².